The van der Waals surface area contributed by atoms with E-state index in [0.717, 1.165) is 64.2 Å². The van der Waals surface area contributed by atoms with Crippen molar-refractivity contribution in [2.75, 3.05) is 13.2 Å². The van der Waals surface area contributed by atoms with Crippen molar-refractivity contribution in [2.45, 2.75) is 316 Å². The van der Waals surface area contributed by atoms with Crippen molar-refractivity contribution in [3.63, 3.8) is 0 Å². The van der Waals surface area contributed by atoms with Crippen LogP contribution in [0.3, 0.4) is 0 Å². The molecular weight excluding hydrogens is 769 g/mol. The van der Waals surface area contributed by atoms with E-state index in [1.54, 1.807) is 0 Å². The molecule has 0 amide bonds. The average molecular weight is 875 g/mol. The van der Waals surface area contributed by atoms with Gasteiger partial charge in [-0.2, -0.15) is 0 Å². The van der Waals surface area contributed by atoms with Gasteiger partial charge in [-0.15, -0.1) is 0 Å². The molecule has 62 heavy (non-hydrogen) atoms. The molecule has 6 heteroatoms. The highest BCUT2D eigenvalue weighted by Gasteiger charge is 2.19. The van der Waals surface area contributed by atoms with Crippen molar-refractivity contribution in [2.24, 2.45) is 0 Å². The van der Waals surface area contributed by atoms with Gasteiger partial charge in [0.1, 0.15) is 13.2 Å². The minimum atomic E-state index is -0.766. The van der Waals surface area contributed by atoms with E-state index in [9.17, 15) is 14.4 Å². The van der Waals surface area contributed by atoms with Crippen molar-refractivity contribution < 1.29 is 28.6 Å². The van der Waals surface area contributed by atoms with E-state index >= 15 is 0 Å². The molecule has 6 nitrogen and oxygen atoms in total. The third-order valence-electron chi connectivity index (χ3n) is 12.5. The van der Waals surface area contributed by atoms with Gasteiger partial charge in [-0.3, -0.25) is 14.4 Å². The maximum absolute atomic E-state index is 12.7. The molecule has 366 valence electrons. The van der Waals surface area contributed by atoms with Crippen molar-refractivity contribution in [1.29, 1.82) is 0 Å². The smallest absolute Gasteiger partial charge is 0.306 e. The van der Waals surface area contributed by atoms with E-state index in [1.807, 2.05) is 0 Å². The average Bonchev–Trinajstić information content (AvgIpc) is 3.27. The largest absolute Gasteiger partial charge is 0.462 e. The molecule has 0 aliphatic heterocycles. The highest BCUT2D eigenvalue weighted by atomic mass is 16.6. The van der Waals surface area contributed by atoms with Crippen LogP contribution in [0.1, 0.15) is 310 Å². The second-order valence-electron chi connectivity index (χ2n) is 18.9. The minimum Gasteiger partial charge on any atom is -0.462 e. The predicted octanol–water partition coefficient (Wildman–Crippen LogP) is 18.2. The third kappa shape index (κ3) is 49.2. The summed E-state index contributed by atoms with van der Waals surface area (Å²) in [6, 6.07) is 0. The summed E-state index contributed by atoms with van der Waals surface area (Å²) in [6.07, 6.45) is 58.0. The topological polar surface area (TPSA) is 78.9 Å². The number of unbranched alkanes of at least 4 members (excludes halogenated alkanes) is 38. The van der Waals surface area contributed by atoms with Crippen molar-refractivity contribution in [3.05, 3.63) is 12.2 Å². The molecule has 0 spiro atoms. The molecule has 0 radical (unpaired) electrons. The van der Waals surface area contributed by atoms with Crippen LogP contribution in [0, 0.1) is 0 Å². The first kappa shape index (κ1) is 60.2. The van der Waals surface area contributed by atoms with Crippen LogP contribution in [0.25, 0.3) is 0 Å². The molecule has 0 aromatic rings. The van der Waals surface area contributed by atoms with Crippen molar-refractivity contribution in [3.8, 4) is 0 Å². The lowest BCUT2D eigenvalue weighted by atomic mass is 10.0. The van der Waals surface area contributed by atoms with E-state index < -0.39 is 6.10 Å². The van der Waals surface area contributed by atoms with Crippen LogP contribution in [-0.4, -0.2) is 37.2 Å². The predicted molar refractivity (Wildman–Crippen MR) is 266 cm³/mol. The maximum atomic E-state index is 12.7. The van der Waals surface area contributed by atoms with Gasteiger partial charge in [-0.05, 0) is 38.5 Å². The van der Waals surface area contributed by atoms with Crippen LogP contribution in [-0.2, 0) is 28.6 Å². The number of carbonyl (C=O) groups is 3. The zero-order valence-electron chi connectivity index (χ0n) is 41.9. The number of rotatable bonds is 51. The molecule has 0 aromatic carbocycles. The maximum Gasteiger partial charge on any atom is 0.306 e. The molecular formula is C56H106O6. The number of carbonyl (C=O) groups excluding carboxylic acids is 3. The zero-order chi connectivity index (χ0) is 45.1. The van der Waals surface area contributed by atoms with E-state index in [1.165, 1.54) is 205 Å². The SMILES string of the molecule is CCCC/C=C\CCCCCCCC(=O)OC(COC(=O)CCCCCCCCCCC)COC(=O)CCCCCCCCCCCCCCCCCCCCCCCCCC. The van der Waals surface area contributed by atoms with Crippen LogP contribution in [0.15, 0.2) is 12.2 Å². The summed E-state index contributed by atoms with van der Waals surface area (Å²) in [4.78, 5) is 37.9. The van der Waals surface area contributed by atoms with Gasteiger partial charge in [0, 0.05) is 19.3 Å². The quantitative estimate of drug-likeness (QED) is 0.0262. The fourth-order valence-corrected chi connectivity index (χ4v) is 8.31. The number of hydrogen-bond donors (Lipinski definition) is 0. The molecule has 0 aromatic heterocycles. The Balaban J connectivity index is 4.09. The van der Waals surface area contributed by atoms with Gasteiger partial charge < -0.3 is 14.2 Å². The molecule has 0 saturated heterocycles. The molecule has 0 rings (SSSR count). The number of hydrogen-bond acceptors (Lipinski definition) is 6. The molecule has 0 aliphatic carbocycles. The Hall–Kier alpha value is -1.85. The van der Waals surface area contributed by atoms with E-state index in [4.69, 9.17) is 14.2 Å². The highest BCUT2D eigenvalue weighted by molar-refractivity contribution is 5.71. The second-order valence-corrected chi connectivity index (χ2v) is 18.9. The lowest BCUT2D eigenvalue weighted by Crippen LogP contribution is -2.30. The summed E-state index contributed by atoms with van der Waals surface area (Å²) >= 11 is 0. The first-order chi connectivity index (χ1) is 30.5. The standard InChI is InChI=1S/C56H106O6/c1-4-7-10-13-16-19-21-22-23-24-25-26-27-28-29-30-31-32-33-35-37-40-43-46-49-55(58)61-52-53(51-60-54(57)48-45-42-39-36-18-15-12-9-6-3)62-56(59)50-47-44-41-38-34-20-17-14-11-8-5-2/h14,17,53H,4-13,15-16,18-52H2,1-3H3/b17-14-. The summed E-state index contributed by atoms with van der Waals surface area (Å²) in [6.45, 7) is 6.61. The fraction of sp³-hybridized carbons (Fsp3) is 0.911. The van der Waals surface area contributed by atoms with Crippen LogP contribution < -0.4 is 0 Å². The van der Waals surface area contributed by atoms with E-state index in [0.29, 0.717) is 19.3 Å². The zero-order valence-corrected chi connectivity index (χ0v) is 41.9. The van der Waals surface area contributed by atoms with Gasteiger partial charge in [0.05, 0.1) is 0 Å². The minimum absolute atomic E-state index is 0.0684. The molecule has 1 unspecified atom stereocenters. The number of allylic oxidation sites excluding steroid dienone is 2. The third-order valence-corrected chi connectivity index (χ3v) is 12.5. The summed E-state index contributed by atoms with van der Waals surface area (Å²) in [7, 11) is 0. The van der Waals surface area contributed by atoms with E-state index in [2.05, 4.69) is 32.9 Å². The van der Waals surface area contributed by atoms with Gasteiger partial charge in [-0.1, -0.05) is 264 Å². The molecule has 0 fully saturated rings. The first-order valence-corrected chi connectivity index (χ1v) is 27.7. The summed E-state index contributed by atoms with van der Waals surface area (Å²) < 4.78 is 16.8. The van der Waals surface area contributed by atoms with Gasteiger partial charge >= 0.3 is 17.9 Å². The Morgan fingerprint density at radius 1 is 0.306 bits per heavy atom. The Morgan fingerprint density at radius 3 is 0.855 bits per heavy atom. The van der Waals surface area contributed by atoms with Crippen molar-refractivity contribution >= 4 is 17.9 Å². The first-order valence-electron chi connectivity index (χ1n) is 27.7. The molecule has 1 atom stereocenters. The second kappa shape index (κ2) is 51.8. The van der Waals surface area contributed by atoms with Crippen LogP contribution in [0.4, 0.5) is 0 Å². The normalized spacial score (nSPS) is 12.0. The van der Waals surface area contributed by atoms with Crippen LogP contribution >= 0.6 is 0 Å². The highest BCUT2D eigenvalue weighted by Crippen LogP contribution is 2.17. The molecule has 0 heterocycles. The van der Waals surface area contributed by atoms with Gasteiger partial charge in [0.15, 0.2) is 6.10 Å². The lowest BCUT2D eigenvalue weighted by Gasteiger charge is -2.18. The molecule has 0 N–H and O–H groups in total. The lowest BCUT2D eigenvalue weighted by molar-refractivity contribution is -0.167. The Morgan fingerprint density at radius 2 is 0.548 bits per heavy atom. The molecule has 0 saturated carbocycles. The van der Waals surface area contributed by atoms with Gasteiger partial charge in [0.25, 0.3) is 0 Å². The molecule has 0 aliphatic rings. The van der Waals surface area contributed by atoms with Gasteiger partial charge in [-0.25, -0.2) is 0 Å². The van der Waals surface area contributed by atoms with Crippen LogP contribution in [0.5, 0.6) is 0 Å². The Bertz CT molecular complexity index is 962. The molecule has 0 bridgehead atoms. The summed E-state index contributed by atoms with van der Waals surface area (Å²) in [5.74, 6) is -0.864. The Kier molecular flexibility index (Phi) is 50.2. The van der Waals surface area contributed by atoms with E-state index in [-0.39, 0.29) is 31.1 Å². The summed E-state index contributed by atoms with van der Waals surface area (Å²) in [5.41, 5.74) is 0. The van der Waals surface area contributed by atoms with Gasteiger partial charge in [0.2, 0.25) is 0 Å². The fourth-order valence-electron chi connectivity index (χ4n) is 8.31. The number of ether oxygens (including phenoxy) is 3. The number of esters is 3. The van der Waals surface area contributed by atoms with Crippen LogP contribution in [0.2, 0.25) is 0 Å². The summed E-state index contributed by atoms with van der Waals surface area (Å²) in [5, 5.41) is 0. The van der Waals surface area contributed by atoms with Crippen molar-refractivity contribution in [1.82, 2.24) is 0 Å². The monoisotopic (exact) mass is 875 g/mol. The Labute approximate surface area is 386 Å².